The van der Waals surface area contributed by atoms with Gasteiger partial charge in [-0.25, -0.2) is 4.39 Å². The Kier molecular flexibility index (Phi) is 7.51. The van der Waals surface area contributed by atoms with Crippen LogP contribution in [0.2, 0.25) is 0 Å². The van der Waals surface area contributed by atoms with Crippen LogP contribution in [0.3, 0.4) is 0 Å². The summed E-state index contributed by atoms with van der Waals surface area (Å²) in [6.07, 6.45) is 1.54. The second kappa shape index (κ2) is 9.12. The second-order valence-electron chi connectivity index (χ2n) is 5.45. The fourth-order valence-electron chi connectivity index (χ4n) is 2.21. The summed E-state index contributed by atoms with van der Waals surface area (Å²) in [6.45, 7) is 3.93. The van der Waals surface area contributed by atoms with Crippen LogP contribution >= 0.6 is 0 Å². The van der Waals surface area contributed by atoms with Gasteiger partial charge in [-0.3, -0.25) is 9.59 Å². The van der Waals surface area contributed by atoms with E-state index in [0.717, 1.165) is 0 Å². The summed E-state index contributed by atoms with van der Waals surface area (Å²) in [4.78, 5) is 23.1. The molecule has 0 unspecified atom stereocenters. The van der Waals surface area contributed by atoms with Gasteiger partial charge < -0.3 is 15.2 Å². The lowest BCUT2D eigenvalue weighted by atomic mass is 9.82. The van der Waals surface area contributed by atoms with Crippen molar-refractivity contribution < 1.29 is 23.8 Å². The number of ether oxygens (including phenoxy) is 1. The van der Waals surface area contributed by atoms with Gasteiger partial charge in [0.25, 0.3) is 0 Å². The van der Waals surface area contributed by atoms with Crippen molar-refractivity contribution in [3.05, 3.63) is 30.1 Å². The fourth-order valence-corrected chi connectivity index (χ4v) is 2.21. The Bertz CT molecular complexity index is 529. The van der Waals surface area contributed by atoms with Crippen LogP contribution in [-0.2, 0) is 9.59 Å². The van der Waals surface area contributed by atoms with Crippen molar-refractivity contribution in [3.8, 4) is 5.75 Å². The highest BCUT2D eigenvalue weighted by molar-refractivity contribution is 5.79. The smallest absolute Gasteiger partial charge is 0.311 e. The molecule has 6 heteroatoms. The molecule has 0 aliphatic carbocycles. The predicted octanol–water partition coefficient (Wildman–Crippen LogP) is 2.99. The number of carbonyl (C=O) groups is 2. The lowest BCUT2D eigenvalue weighted by Gasteiger charge is -2.26. The highest BCUT2D eigenvalue weighted by atomic mass is 19.1. The molecule has 1 aromatic carbocycles. The molecule has 0 heterocycles. The molecule has 0 saturated carbocycles. The second-order valence-corrected chi connectivity index (χ2v) is 5.45. The third-order valence-corrected chi connectivity index (χ3v) is 4.07. The number of para-hydroxylation sites is 1. The molecule has 0 radical (unpaired) electrons. The average Bonchev–Trinajstić information content (AvgIpc) is 2.54. The monoisotopic (exact) mass is 325 g/mol. The molecule has 1 amide bonds. The quantitative estimate of drug-likeness (QED) is 0.649. The standard InChI is InChI=1S/C17H24FNO4/c1-3-17(4-2,16(21)22)12-19-15(20)10-7-11-23-14-9-6-5-8-13(14)18/h5-6,8-9H,3-4,7,10-12H2,1-2H3,(H,19,20)(H,21,22). The summed E-state index contributed by atoms with van der Waals surface area (Å²) in [5.74, 6) is -1.40. The summed E-state index contributed by atoms with van der Waals surface area (Å²) in [5.41, 5.74) is -0.917. The van der Waals surface area contributed by atoms with Crippen molar-refractivity contribution in [2.75, 3.05) is 13.2 Å². The van der Waals surface area contributed by atoms with E-state index in [9.17, 15) is 19.1 Å². The molecule has 0 atom stereocenters. The van der Waals surface area contributed by atoms with E-state index in [-0.39, 0.29) is 31.2 Å². The van der Waals surface area contributed by atoms with E-state index < -0.39 is 17.2 Å². The molecule has 5 nitrogen and oxygen atoms in total. The van der Waals surface area contributed by atoms with Crippen LogP contribution in [-0.4, -0.2) is 30.1 Å². The van der Waals surface area contributed by atoms with Gasteiger partial charge in [0, 0.05) is 13.0 Å². The Morgan fingerprint density at radius 3 is 2.48 bits per heavy atom. The minimum Gasteiger partial charge on any atom is -0.491 e. The van der Waals surface area contributed by atoms with Crippen LogP contribution in [0.15, 0.2) is 24.3 Å². The van der Waals surface area contributed by atoms with Crippen LogP contribution in [0.5, 0.6) is 5.75 Å². The van der Waals surface area contributed by atoms with Crippen molar-refractivity contribution in [1.29, 1.82) is 0 Å². The van der Waals surface area contributed by atoms with Gasteiger partial charge in [-0.2, -0.15) is 0 Å². The lowest BCUT2D eigenvalue weighted by molar-refractivity contribution is -0.149. The van der Waals surface area contributed by atoms with E-state index >= 15 is 0 Å². The molecule has 1 aromatic rings. The summed E-state index contributed by atoms with van der Waals surface area (Å²) in [6, 6.07) is 6.08. The number of amides is 1. The van der Waals surface area contributed by atoms with Crippen molar-refractivity contribution in [2.24, 2.45) is 5.41 Å². The van der Waals surface area contributed by atoms with Gasteiger partial charge in [-0.1, -0.05) is 26.0 Å². The fraction of sp³-hybridized carbons (Fsp3) is 0.529. The normalized spacial score (nSPS) is 11.1. The number of rotatable bonds is 10. The molecule has 2 N–H and O–H groups in total. The molecular weight excluding hydrogens is 301 g/mol. The number of hydrogen-bond donors (Lipinski definition) is 2. The van der Waals surface area contributed by atoms with Crippen molar-refractivity contribution in [1.82, 2.24) is 5.32 Å². The first-order valence-electron chi connectivity index (χ1n) is 7.82. The first-order chi connectivity index (χ1) is 10.9. The maximum atomic E-state index is 13.3. The average molecular weight is 325 g/mol. The highest BCUT2D eigenvalue weighted by Crippen LogP contribution is 2.25. The largest absolute Gasteiger partial charge is 0.491 e. The number of hydrogen-bond acceptors (Lipinski definition) is 3. The van der Waals surface area contributed by atoms with Crippen molar-refractivity contribution in [2.45, 2.75) is 39.5 Å². The number of halogens is 1. The number of benzene rings is 1. The first kappa shape index (κ1) is 18.9. The zero-order valence-electron chi connectivity index (χ0n) is 13.6. The molecular formula is C17H24FNO4. The topological polar surface area (TPSA) is 75.6 Å². The number of carbonyl (C=O) groups excluding carboxylic acids is 1. The minimum atomic E-state index is -0.917. The molecule has 0 fully saturated rings. The first-order valence-corrected chi connectivity index (χ1v) is 7.82. The third kappa shape index (κ3) is 5.54. The summed E-state index contributed by atoms with van der Waals surface area (Å²) in [5, 5.41) is 12.0. The molecule has 0 bridgehead atoms. The van der Waals surface area contributed by atoms with Gasteiger partial charge >= 0.3 is 5.97 Å². The van der Waals surface area contributed by atoms with Crippen LogP contribution in [0, 0.1) is 11.2 Å². The van der Waals surface area contributed by atoms with Gasteiger partial charge in [-0.15, -0.1) is 0 Å². The van der Waals surface area contributed by atoms with Crippen LogP contribution in [0.25, 0.3) is 0 Å². The van der Waals surface area contributed by atoms with E-state index in [1.54, 1.807) is 26.0 Å². The molecule has 1 rings (SSSR count). The van der Waals surface area contributed by atoms with Gasteiger partial charge in [-0.05, 0) is 31.4 Å². The van der Waals surface area contributed by atoms with Gasteiger partial charge in [0.05, 0.1) is 12.0 Å². The molecule has 0 aliphatic rings. The Morgan fingerprint density at radius 2 is 1.91 bits per heavy atom. The number of carboxylic acid groups (broad SMARTS) is 1. The van der Waals surface area contributed by atoms with Crippen LogP contribution in [0.4, 0.5) is 4.39 Å². The zero-order chi connectivity index (χ0) is 17.3. The summed E-state index contributed by atoms with van der Waals surface area (Å²) in [7, 11) is 0. The Hall–Kier alpha value is -2.11. The lowest BCUT2D eigenvalue weighted by Crippen LogP contribution is -2.42. The van der Waals surface area contributed by atoms with E-state index in [4.69, 9.17) is 4.74 Å². The molecule has 0 aromatic heterocycles. The van der Waals surface area contributed by atoms with Gasteiger partial charge in [0.2, 0.25) is 5.91 Å². The van der Waals surface area contributed by atoms with Gasteiger partial charge in [0.15, 0.2) is 11.6 Å². The van der Waals surface area contributed by atoms with Crippen molar-refractivity contribution in [3.63, 3.8) is 0 Å². The molecule has 23 heavy (non-hydrogen) atoms. The maximum absolute atomic E-state index is 13.3. The molecule has 0 spiro atoms. The van der Waals surface area contributed by atoms with E-state index in [0.29, 0.717) is 19.3 Å². The van der Waals surface area contributed by atoms with Gasteiger partial charge in [0.1, 0.15) is 0 Å². The van der Waals surface area contributed by atoms with E-state index in [1.165, 1.54) is 12.1 Å². The van der Waals surface area contributed by atoms with Crippen LogP contribution in [0.1, 0.15) is 39.5 Å². The van der Waals surface area contributed by atoms with E-state index in [1.807, 2.05) is 0 Å². The molecule has 128 valence electrons. The summed E-state index contributed by atoms with van der Waals surface area (Å²) >= 11 is 0. The Morgan fingerprint density at radius 1 is 1.26 bits per heavy atom. The number of aliphatic carboxylic acids is 1. The van der Waals surface area contributed by atoms with Crippen LogP contribution < -0.4 is 10.1 Å². The molecule has 0 aliphatic heterocycles. The predicted molar refractivity (Wildman–Crippen MR) is 84.8 cm³/mol. The SMILES string of the molecule is CCC(CC)(CNC(=O)CCCOc1ccccc1F)C(=O)O. The maximum Gasteiger partial charge on any atom is 0.311 e. The zero-order valence-corrected chi connectivity index (χ0v) is 13.6. The Labute approximate surface area is 135 Å². The minimum absolute atomic E-state index is 0.113. The Balaban J connectivity index is 2.32. The highest BCUT2D eigenvalue weighted by Gasteiger charge is 2.34. The number of carboxylic acids is 1. The van der Waals surface area contributed by atoms with Crippen molar-refractivity contribution >= 4 is 11.9 Å². The number of nitrogens with one attached hydrogen (secondary N) is 1. The molecule has 0 saturated heterocycles. The van der Waals surface area contributed by atoms with E-state index in [2.05, 4.69) is 5.32 Å². The summed E-state index contributed by atoms with van der Waals surface area (Å²) < 4.78 is 18.6. The third-order valence-electron chi connectivity index (χ3n) is 4.07.